The molecule has 0 radical (unpaired) electrons. The van der Waals surface area contributed by atoms with E-state index in [4.69, 9.17) is 0 Å². The van der Waals surface area contributed by atoms with E-state index in [1.54, 1.807) is 5.56 Å². The maximum Gasteiger partial charge on any atom is 0.122 e. The van der Waals surface area contributed by atoms with Crippen LogP contribution in [0.1, 0.15) is 218 Å². The van der Waals surface area contributed by atoms with Crippen LogP contribution in [0.25, 0.3) is 0 Å². The van der Waals surface area contributed by atoms with E-state index in [9.17, 15) is 0 Å². The minimum atomic E-state index is 0. The van der Waals surface area contributed by atoms with Gasteiger partial charge in [-0.1, -0.05) is 199 Å². The zero-order chi connectivity index (χ0) is 32.2. The first-order valence-corrected chi connectivity index (χ1v) is 20.3. The van der Waals surface area contributed by atoms with Gasteiger partial charge < -0.3 is 9.96 Å². The maximum absolute atomic E-state index is 2.58. The van der Waals surface area contributed by atoms with Crippen molar-refractivity contribution >= 4 is 0 Å². The predicted octanol–water partition coefficient (Wildman–Crippen LogP) is 14.5. The van der Waals surface area contributed by atoms with Gasteiger partial charge in [0.1, 0.15) is 5.54 Å². The molecule has 1 unspecified atom stereocenters. The molecule has 0 aliphatic rings. The number of aryl methyl sites for hydroxylation is 1. The topological polar surface area (TPSA) is 30.0 Å². The molecule has 0 saturated carbocycles. The standard InChI is InChI=1S/C43H82N.H2O/c1-7-9-11-13-15-17-19-21-23-25-27-29-31-35-39-43(4,42-38-34-33-37-41(42)3)44(5,6)40-36-32-30-28-26-24-22-20-18-16-14-12-10-8-2;/h33-34,37-38H,7-32,35-36,39-40H2,1-6H3;1H2/q+1;/p-1. The van der Waals surface area contributed by atoms with Crippen molar-refractivity contribution in [2.24, 2.45) is 0 Å². The lowest BCUT2D eigenvalue weighted by atomic mass is 9.80. The van der Waals surface area contributed by atoms with Crippen molar-refractivity contribution < 1.29 is 9.96 Å². The third-order valence-electron chi connectivity index (χ3n) is 11.1. The van der Waals surface area contributed by atoms with E-state index < -0.39 is 0 Å². The fraction of sp³-hybridized carbons (Fsp3) is 0.860. The second-order valence-electron chi connectivity index (χ2n) is 15.4. The van der Waals surface area contributed by atoms with Gasteiger partial charge in [0.25, 0.3) is 0 Å². The first-order valence-electron chi connectivity index (χ1n) is 20.3. The summed E-state index contributed by atoms with van der Waals surface area (Å²) in [4.78, 5) is 0. The Balaban J connectivity index is 0.0000194. The highest BCUT2D eigenvalue weighted by Gasteiger charge is 2.42. The van der Waals surface area contributed by atoms with Crippen LogP contribution in [-0.2, 0) is 5.54 Å². The lowest BCUT2D eigenvalue weighted by Crippen LogP contribution is -2.56. The van der Waals surface area contributed by atoms with Crippen molar-refractivity contribution in [2.45, 2.75) is 219 Å². The van der Waals surface area contributed by atoms with Crippen LogP contribution in [-0.4, -0.2) is 30.6 Å². The second kappa shape index (κ2) is 29.3. The Hall–Kier alpha value is -0.860. The minimum absolute atomic E-state index is 0. The van der Waals surface area contributed by atoms with E-state index in [0.717, 1.165) is 4.48 Å². The van der Waals surface area contributed by atoms with Gasteiger partial charge in [-0.2, -0.15) is 0 Å². The smallest absolute Gasteiger partial charge is 0.122 e. The first-order chi connectivity index (χ1) is 21.4. The van der Waals surface area contributed by atoms with Crippen LogP contribution in [0.3, 0.4) is 0 Å². The molecule has 2 heteroatoms. The molecule has 1 rings (SSSR count). The van der Waals surface area contributed by atoms with Crippen molar-refractivity contribution in [3.05, 3.63) is 35.4 Å². The Morgan fingerprint density at radius 1 is 0.467 bits per heavy atom. The average Bonchev–Trinajstić information content (AvgIpc) is 3.01. The van der Waals surface area contributed by atoms with E-state index >= 15 is 0 Å². The molecule has 1 atom stereocenters. The monoisotopic (exact) mass is 630 g/mol. The van der Waals surface area contributed by atoms with Crippen LogP contribution in [0.5, 0.6) is 0 Å². The minimum Gasteiger partial charge on any atom is -0.870 e. The summed E-state index contributed by atoms with van der Waals surface area (Å²) in [5, 5.41) is 0. The van der Waals surface area contributed by atoms with Gasteiger partial charge in [-0.3, -0.25) is 0 Å². The van der Waals surface area contributed by atoms with Gasteiger partial charge in [-0.15, -0.1) is 0 Å². The van der Waals surface area contributed by atoms with Crippen LogP contribution in [0.4, 0.5) is 0 Å². The van der Waals surface area contributed by atoms with Crippen molar-refractivity contribution in [2.75, 3.05) is 20.6 Å². The van der Waals surface area contributed by atoms with E-state index in [1.165, 1.54) is 198 Å². The molecule has 266 valence electrons. The Morgan fingerprint density at radius 2 is 0.778 bits per heavy atom. The molecule has 1 aromatic carbocycles. The molecule has 0 spiro atoms. The van der Waals surface area contributed by atoms with E-state index in [2.05, 4.69) is 66.1 Å². The fourth-order valence-electron chi connectivity index (χ4n) is 7.55. The van der Waals surface area contributed by atoms with Crippen molar-refractivity contribution in [3.63, 3.8) is 0 Å². The zero-order valence-corrected chi connectivity index (χ0v) is 31.9. The van der Waals surface area contributed by atoms with Gasteiger partial charge in [0.15, 0.2) is 0 Å². The summed E-state index contributed by atoms with van der Waals surface area (Å²) in [7, 11) is 5.05. The number of hydrogen-bond donors (Lipinski definition) is 0. The molecule has 0 aromatic heterocycles. The molecule has 1 N–H and O–H groups in total. The van der Waals surface area contributed by atoms with Crippen LogP contribution >= 0.6 is 0 Å². The van der Waals surface area contributed by atoms with Crippen LogP contribution in [0.15, 0.2) is 24.3 Å². The highest BCUT2D eigenvalue weighted by molar-refractivity contribution is 5.31. The highest BCUT2D eigenvalue weighted by Crippen LogP contribution is 2.39. The number of unbranched alkanes of at least 4 members (excludes halogenated alkanes) is 26. The molecule has 45 heavy (non-hydrogen) atoms. The van der Waals surface area contributed by atoms with Crippen LogP contribution in [0, 0.1) is 6.92 Å². The average molecular weight is 630 g/mol. The summed E-state index contributed by atoms with van der Waals surface area (Å²) >= 11 is 0. The predicted molar refractivity (Wildman–Crippen MR) is 203 cm³/mol. The van der Waals surface area contributed by atoms with Crippen molar-refractivity contribution in [1.29, 1.82) is 0 Å². The van der Waals surface area contributed by atoms with E-state index in [1.807, 2.05) is 0 Å². The lowest BCUT2D eigenvalue weighted by Gasteiger charge is -2.48. The van der Waals surface area contributed by atoms with Crippen LogP contribution < -0.4 is 0 Å². The molecule has 0 aliphatic carbocycles. The van der Waals surface area contributed by atoms with Crippen molar-refractivity contribution in [3.8, 4) is 0 Å². The van der Waals surface area contributed by atoms with E-state index in [0.29, 0.717) is 0 Å². The normalized spacial score (nSPS) is 13.1. The number of rotatable bonds is 32. The Kier molecular flexibility index (Phi) is 28.7. The maximum atomic E-state index is 2.58. The summed E-state index contributed by atoms with van der Waals surface area (Å²) in [5.41, 5.74) is 3.26. The molecule has 0 saturated heterocycles. The lowest BCUT2D eigenvalue weighted by molar-refractivity contribution is -0.948. The summed E-state index contributed by atoms with van der Waals surface area (Å²) in [6.45, 7) is 10.8. The Labute approximate surface area is 284 Å². The third-order valence-corrected chi connectivity index (χ3v) is 11.1. The van der Waals surface area contributed by atoms with Gasteiger partial charge in [0.2, 0.25) is 0 Å². The second-order valence-corrected chi connectivity index (χ2v) is 15.4. The molecule has 0 amide bonds. The molecular formula is C43H83NO. The number of quaternary nitrogens is 1. The van der Waals surface area contributed by atoms with Gasteiger partial charge in [-0.25, -0.2) is 0 Å². The third kappa shape index (κ3) is 20.9. The molecular weight excluding hydrogens is 546 g/mol. The van der Waals surface area contributed by atoms with Crippen molar-refractivity contribution in [1.82, 2.24) is 0 Å². The quantitative estimate of drug-likeness (QED) is 0.0576. The first kappa shape index (κ1) is 44.1. The van der Waals surface area contributed by atoms with Crippen LogP contribution in [0.2, 0.25) is 0 Å². The highest BCUT2D eigenvalue weighted by atomic mass is 16.0. The zero-order valence-electron chi connectivity index (χ0n) is 31.9. The molecule has 1 aromatic rings. The number of nitrogens with zero attached hydrogens (tertiary/aromatic N) is 1. The molecule has 0 heterocycles. The Bertz CT molecular complexity index is 758. The van der Waals surface area contributed by atoms with Gasteiger partial charge in [0, 0.05) is 12.0 Å². The van der Waals surface area contributed by atoms with Gasteiger partial charge in [-0.05, 0) is 38.7 Å². The summed E-state index contributed by atoms with van der Waals surface area (Å²) in [5.74, 6) is 0. The van der Waals surface area contributed by atoms with Gasteiger partial charge >= 0.3 is 0 Å². The molecule has 0 aliphatic heterocycles. The summed E-state index contributed by atoms with van der Waals surface area (Å²) in [6.07, 6.45) is 41.5. The Morgan fingerprint density at radius 3 is 1.13 bits per heavy atom. The van der Waals surface area contributed by atoms with E-state index in [-0.39, 0.29) is 11.0 Å². The molecule has 0 bridgehead atoms. The number of benzene rings is 1. The summed E-state index contributed by atoms with van der Waals surface area (Å²) in [6, 6.07) is 9.27. The SMILES string of the molecule is CCCCCCCCCCCCCCCCC(C)(c1ccccc1C)[N+](C)(C)CCCCCCCCCCCCCCCC.[OH-]. The van der Waals surface area contributed by atoms with Gasteiger partial charge in [0.05, 0.1) is 20.6 Å². The fourth-order valence-corrected chi connectivity index (χ4v) is 7.55. The largest absolute Gasteiger partial charge is 0.870 e. The summed E-state index contributed by atoms with van der Waals surface area (Å²) < 4.78 is 1.12. The molecule has 0 fully saturated rings. The number of hydrogen-bond acceptors (Lipinski definition) is 1. The molecule has 2 nitrogen and oxygen atoms in total.